The topological polar surface area (TPSA) is 63.8 Å². The molecule has 0 aliphatic rings. The fraction of sp³-hybridized carbons (Fsp3) is 0.0909. The van der Waals surface area contributed by atoms with Crippen molar-refractivity contribution >= 4 is 28.8 Å². The third-order valence-corrected chi connectivity index (χ3v) is 2.68. The maximum atomic E-state index is 13.5. The highest BCUT2D eigenvalue weighted by Crippen LogP contribution is 2.33. The lowest BCUT2D eigenvalue weighted by molar-refractivity contribution is -0.137. The second kappa shape index (κ2) is 5.12. The highest BCUT2D eigenvalue weighted by Gasteiger charge is 2.31. The second-order valence-electron chi connectivity index (χ2n) is 3.74. The van der Waals surface area contributed by atoms with Gasteiger partial charge in [-0.1, -0.05) is 11.6 Å². The molecule has 3 N–H and O–H groups in total. The molecule has 0 spiro atoms. The van der Waals surface area contributed by atoms with Crippen molar-refractivity contribution in [3.63, 3.8) is 0 Å². The molecule has 0 radical (unpaired) electrons. The summed E-state index contributed by atoms with van der Waals surface area (Å²) in [6, 6.07) is 1.95. The van der Waals surface area contributed by atoms with Gasteiger partial charge in [0.25, 0.3) is 0 Å². The molecule has 1 aromatic carbocycles. The minimum absolute atomic E-state index is 0.0803. The number of hydrogen-bond acceptors (Lipinski definition) is 4. The van der Waals surface area contributed by atoms with E-state index >= 15 is 0 Å². The van der Waals surface area contributed by atoms with Crippen LogP contribution in [0.1, 0.15) is 5.56 Å². The molecule has 0 saturated carbocycles. The van der Waals surface area contributed by atoms with Crippen LogP contribution in [0.2, 0.25) is 5.15 Å². The first-order valence-electron chi connectivity index (χ1n) is 5.19. The quantitative estimate of drug-likeness (QED) is 0.657. The van der Waals surface area contributed by atoms with Gasteiger partial charge in [-0.3, -0.25) is 0 Å². The number of hydrogen-bond donors (Lipinski definition) is 2. The summed E-state index contributed by atoms with van der Waals surface area (Å²) in [5.74, 6) is -0.963. The molecule has 0 fully saturated rings. The summed E-state index contributed by atoms with van der Waals surface area (Å²) < 4.78 is 51.2. The van der Waals surface area contributed by atoms with Gasteiger partial charge in [-0.05, 0) is 18.2 Å². The van der Waals surface area contributed by atoms with E-state index in [0.29, 0.717) is 18.2 Å². The van der Waals surface area contributed by atoms with E-state index in [4.69, 9.17) is 17.3 Å². The highest BCUT2D eigenvalue weighted by molar-refractivity contribution is 6.32. The van der Waals surface area contributed by atoms with Crippen molar-refractivity contribution in [3.8, 4) is 0 Å². The predicted octanol–water partition coefficient (Wildman–Crippen LogP) is 3.61. The summed E-state index contributed by atoms with van der Waals surface area (Å²) in [4.78, 5) is 7.26. The van der Waals surface area contributed by atoms with E-state index in [2.05, 4.69) is 15.3 Å². The first kappa shape index (κ1) is 14.3. The molecule has 0 saturated heterocycles. The van der Waals surface area contributed by atoms with Crippen LogP contribution in [0.25, 0.3) is 0 Å². The van der Waals surface area contributed by atoms with Crippen LogP contribution < -0.4 is 11.1 Å². The molecular weight excluding hydrogens is 300 g/mol. The van der Waals surface area contributed by atoms with Gasteiger partial charge >= 0.3 is 6.18 Å². The first-order chi connectivity index (χ1) is 9.29. The highest BCUT2D eigenvalue weighted by atomic mass is 35.5. The van der Waals surface area contributed by atoms with Crippen molar-refractivity contribution in [2.24, 2.45) is 0 Å². The minimum Gasteiger partial charge on any atom is -0.393 e. The number of nitrogens with zero attached hydrogens (tertiary/aromatic N) is 2. The summed E-state index contributed by atoms with van der Waals surface area (Å²) in [6.45, 7) is 0. The average molecular weight is 307 g/mol. The average Bonchev–Trinajstić information content (AvgIpc) is 2.36. The molecular formula is C11H7ClF4N4. The van der Waals surface area contributed by atoms with Crippen molar-refractivity contribution in [3.05, 3.63) is 41.1 Å². The van der Waals surface area contributed by atoms with Crippen LogP contribution in [0.3, 0.4) is 0 Å². The van der Waals surface area contributed by atoms with Gasteiger partial charge in [0.05, 0.1) is 11.3 Å². The van der Waals surface area contributed by atoms with E-state index < -0.39 is 23.2 Å². The SMILES string of the molecule is Nc1c(Cl)ncnc1Nc1cc(C(F)(F)F)ccc1F. The third-order valence-electron chi connectivity index (χ3n) is 2.38. The van der Waals surface area contributed by atoms with E-state index in [0.717, 1.165) is 6.33 Å². The predicted molar refractivity (Wildman–Crippen MR) is 66.1 cm³/mol. The number of nitrogen functional groups attached to an aromatic ring is 1. The van der Waals surface area contributed by atoms with Crippen molar-refractivity contribution in [2.45, 2.75) is 6.18 Å². The Morgan fingerprint density at radius 2 is 1.90 bits per heavy atom. The number of aromatic nitrogens is 2. The fourth-order valence-corrected chi connectivity index (χ4v) is 1.53. The molecule has 4 nitrogen and oxygen atoms in total. The monoisotopic (exact) mass is 306 g/mol. The molecule has 0 amide bonds. The molecule has 0 atom stereocenters. The van der Waals surface area contributed by atoms with Crippen molar-refractivity contribution < 1.29 is 17.6 Å². The Bertz CT molecular complexity index is 645. The third kappa shape index (κ3) is 2.90. The van der Waals surface area contributed by atoms with Gasteiger partial charge in [0.1, 0.15) is 17.8 Å². The van der Waals surface area contributed by atoms with Gasteiger partial charge < -0.3 is 11.1 Å². The molecule has 0 aliphatic heterocycles. The fourth-order valence-electron chi connectivity index (χ4n) is 1.40. The summed E-state index contributed by atoms with van der Waals surface area (Å²) in [7, 11) is 0. The Morgan fingerprint density at radius 1 is 1.20 bits per heavy atom. The smallest absolute Gasteiger partial charge is 0.393 e. The normalized spacial score (nSPS) is 11.4. The molecule has 20 heavy (non-hydrogen) atoms. The van der Waals surface area contributed by atoms with Crippen LogP contribution in [-0.2, 0) is 6.18 Å². The number of alkyl halides is 3. The number of nitrogens with two attached hydrogens (primary N) is 1. The minimum atomic E-state index is -4.58. The summed E-state index contributed by atoms with van der Waals surface area (Å²) in [6.07, 6.45) is -3.54. The van der Waals surface area contributed by atoms with Crippen LogP contribution >= 0.6 is 11.6 Å². The molecule has 106 valence electrons. The van der Waals surface area contributed by atoms with Crippen LogP contribution in [0.4, 0.5) is 34.8 Å². The zero-order valence-corrected chi connectivity index (χ0v) is 10.4. The first-order valence-corrected chi connectivity index (χ1v) is 5.56. The van der Waals surface area contributed by atoms with Crippen molar-refractivity contribution in [2.75, 3.05) is 11.1 Å². The van der Waals surface area contributed by atoms with Gasteiger partial charge in [0, 0.05) is 0 Å². The molecule has 9 heteroatoms. The maximum absolute atomic E-state index is 13.5. The van der Waals surface area contributed by atoms with Crippen LogP contribution in [0.5, 0.6) is 0 Å². The summed E-state index contributed by atoms with van der Waals surface area (Å²) >= 11 is 5.63. The number of halogens is 5. The number of rotatable bonds is 2. The van der Waals surface area contributed by atoms with E-state index in [9.17, 15) is 17.6 Å². The van der Waals surface area contributed by atoms with Gasteiger partial charge in [-0.15, -0.1) is 0 Å². The van der Waals surface area contributed by atoms with E-state index in [1.54, 1.807) is 0 Å². The molecule has 0 bridgehead atoms. The summed E-state index contributed by atoms with van der Waals surface area (Å²) in [5.41, 5.74) is 4.03. The Hall–Kier alpha value is -2.09. The summed E-state index contributed by atoms with van der Waals surface area (Å²) in [5, 5.41) is 2.27. The van der Waals surface area contributed by atoms with Crippen molar-refractivity contribution in [1.82, 2.24) is 9.97 Å². The molecule has 2 aromatic rings. The molecule has 0 aliphatic carbocycles. The van der Waals surface area contributed by atoms with Crippen LogP contribution in [0, 0.1) is 5.82 Å². The molecule has 1 heterocycles. The van der Waals surface area contributed by atoms with Gasteiger partial charge in [0.15, 0.2) is 11.0 Å². The Balaban J connectivity index is 2.41. The molecule has 0 unspecified atom stereocenters. The van der Waals surface area contributed by atoms with Crippen LogP contribution in [0.15, 0.2) is 24.5 Å². The molecule has 1 aromatic heterocycles. The van der Waals surface area contributed by atoms with E-state index in [1.165, 1.54) is 0 Å². The molecule has 2 rings (SSSR count). The second-order valence-corrected chi connectivity index (χ2v) is 4.10. The largest absolute Gasteiger partial charge is 0.416 e. The van der Waals surface area contributed by atoms with Crippen molar-refractivity contribution in [1.29, 1.82) is 0 Å². The maximum Gasteiger partial charge on any atom is 0.416 e. The lowest BCUT2D eigenvalue weighted by atomic mass is 10.2. The van der Waals surface area contributed by atoms with Gasteiger partial charge in [-0.2, -0.15) is 13.2 Å². The van der Waals surface area contributed by atoms with E-state index in [1.807, 2.05) is 0 Å². The zero-order valence-electron chi connectivity index (χ0n) is 9.67. The number of nitrogens with one attached hydrogen (secondary N) is 1. The number of benzene rings is 1. The van der Waals surface area contributed by atoms with Gasteiger partial charge in [0.2, 0.25) is 0 Å². The van der Waals surface area contributed by atoms with E-state index in [-0.39, 0.29) is 16.7 Å². The zero-order chi connectivity index (χ0) is 14.9. The Kier molecular flexibility index (Phi) is 3.67. The Morgan fingerprint density at radius 3 is 2.55 bits per heavy atom. The van der Waals surface area contributed by atoms with Crippen LogP contribution in [-0.4, -0.2) is 9.97 Å². The Labute approximate surface area is 115 Å². The lowest BCUT2D eigenvalue weighted by Gasteiger charge is -2.12. The lowest BCUT2D eigenvalue weighted by Crippen LogP contribution is -2.07. The van der Waals surface area contributed by atoms with Gasteiger partial charge in [-0.25, -0.2) is 14.4 Å². The standard InChI is InChI=1S/C11H7ClF4N4/c12-9-8(17)10(19-4-18-9)20-7-3-5(11(14,15)16)1-2-6(7)13/h1-4H,17H2,(H,18,19,20). The number of anilines is 3.